The maximum absolute atomic E-state index is 13.6. The lowest BCUT2D eigenvalue weighted by Crippen LogP contribution is -2.30. The molecule has 3 aromatic rings. The topological polar surface area (TPSA) is 139 Å². The minimum atomic E-state index is -4.03. The summed E-state index contributed by atoms with van der Waals surface area (Å²) < 4.78 is 27.2. The van der Waals surface area contributed by atoms with Crippen LogP contribution in [-0.2, 0) is 16.4 Å². The highest BCUT2D eigenvalue weighted by Gasteiger charge is 2.24. The van der Waals surface area contributed by atoms with Gasteiger partial charge in [0.25, 0.3) is 5.91 Å². The van der Waals surface area contributed by atoms with E-state index >= 15 is 0 Å². The molecule has 0 bridgehead atoms. The fraction of sp³-hybridized carbons (Fsp3) is 0.200. The molecule has 0 saturated heterocycles. The van der Waals surface area contributed by atoms with E-state index in [1.807, 2.05) is 19.9 Å². The van der Waals surface area contributed by atoms with Gasteiger partial charge in [-0.1, -0.05) is 29.8 Å². The zero-order valence-corrected chi connectivity index (χ0v) is 21.3. The number of halogens is 1. The molecule has 3 N–H and O–H groups in total. The maximum atomic E-state index is 13.6. The van der Waals surface area contributed by atoms with Gasteiger partial charge in [-0.15, -0.1) is 0 Å². The fourth-order valence-corrected chi connectivity index (χ4v) is 5.38. The predicted molar refractivity (Wildman–Crippen MR) is 138 cm³/mol. The van der Waals surface area contributed by atoms with Crippen LogP contribution in [0.25, 0.3) is 0 Å². The van der Waals surface area contributed by atoms with Gasteiger partial charge in [0.1, 0.15) is 11.8 Å². The SMILES string of the molecule is CCN(CC)C(=O)c1cc(Cl)cc(S(=O)(=O)c2ccccc2CNC(=N)Nc2ccnc(C#N)c2)c1. The third kappa shape index (κ3) is 6.19. The van der Waals surface area contributed by atoms with Crippen LogP contribution in [0, 0.1) is 16.7 Å². The molecule has 186 valence electrons. The van der Waals surface area contributed by atoms with E-state index in [-0.39, 0.29) is 44.5 Å². The molecular formula is C25H25ClN6O3S. The number of hydrogen-bond donors (Lipinski definition) is 3. The van der Waals surface area contributed by atoms with Crippen LogP contribution in [-0.4, -0.2) is 43.3 Å². The van der Waals surface area contributed by atoms with E-state index in [0.717, 1.165) is 0 Å². The van der Waals surface area contributed by atoms with E-state index in [2.05, 4.69) is 15.6 Å². The van der Waals surface area contributed by atoms with E-state index in [0.29, 0.717) is 24.3 Å². The first-order chi connectivity index (χ1) is 17.2. The molecule has 0 fully saturated rings. The Morgan fingerprint density at radius 2 is 1.86 bits per heavy atom. The monoisotopic (exact) mass is 524 g/mol. The number of guanidine groups is 1. The zero-order valence-electron chi connectivity index (χ0n) is 19.7. The van der Waals surface area contributed by atoms with Crippen molar-refractivity contribution in [3.05, 3.63) is 82.6 Å². The lowest BCUT2D eigenvalue weighted by Gasteiger charge is -2.19. The van der Waals surface area contributed by atoms with Crippen molar-refractivity contribution in [3.8, 4) is 6.07 Å². The van der Waals surface area contributed by atoms with Gasteiger partial charge in [-0.3, -0.25) is 10.2 Å². The summed E-state index contributed by atoms with van der Waals surface area (Å²) in [7, 11) is -4.03. The molecule has 0 unspecified atom stereocenters. The van der Waals surface area contributed by atoms with Crippen LogP contribution in [0.5, 0.6) is 0 Å². The Bertz CT molecular complexity index is 1430. The average Bonchev–Trinajstić information content (AvgIpc) is 2.88. The number of benzene rings is 2. The number of amides is 1. The lowest BCUT2D eigenvalue weighted by molar-refractivity contribution is 0.0772. The molecular weight excluding hydrogens is 500 g/mol. The number of nitrogens with zero attached hydrogens (tertiary/aromatic N) is 3. The number of carbonyl (C=O) groups excluding carboxylic acids is 1. The number of rotatable bonds is 8. The number of sulfone groups is 1. The van der Waals surface area contributed by atoms with Crippen LogP contribution in [0.2, 0.25) is 5.02 Å². The van der Waals surface area contributed by atoms with Gasteiger partial charge in [0.05, 0.1) is 9.79 Å². The average molecular weight is 525 g/mol. The summed E-state index contributed by atoms with van der Waals surface area (Å²) in [4.78, 5) is 18.2. The molecule has 0 saturated carbocycles. The number of hydrogen-bond acceptors (Lipinski definition) is 6. The summed E-state index contributed by atoms with van der Waals surface area (Å²) in [5.41, 5.74) is 1.31. The second-order valence-corrected chi connectivity index (χ2v) is 10.0. The number of aromatic nitrogens is 1. The van der Waals surface area contributed by atoms with Gasteiger partial charge in [0.2, 0.25) is 9.84 Å². The summed E-state index contributed by atoms with van der Waals surface area (Å²) in [6.07, 6.45) is 1.44. The second kappa shape index (κ2) is 11.7. The molecule has 9 nitrogen and oxygen atoms in total. The molecule has 1 aromatic heterocycles. The van der Waals surface area contributed by atoms with Crippen molar-refractivity contribution < 1.29 is 13.2 Å². The third-order valence-electron chi connectivity index (χ3n) is 5.34. The Balaban J connectivity index is 1.86. The summed E-state index contributed by atoms with van der Waals surface area (Å²) in [5.74, 6) is -0.392. The van der Waals surface area contributed by atoms with E-state index < -0.39 is 9.84 Å². The highest BCUT2D eigenvalue weighted by molar-refractivity contribution is 7.91. The number of anilines is 1. The number of nitrogens with one attached hydrogen (secondary N) is 3. The molecule has 3 rings (SSSR count). The molecule has 0 radical (unpaired) electrons. The van der Waals surface area contributed by atoms with E-state index in [1.165, 1.54) is 36.5 Å². The summed E-state index contributed by atoms with van der Waals surface area (Å²) in [6, 6.07) is 15.5. The Morgan fingerprint density at radius 3 is 2.56 bits per heavy atom. The van der Waals surface area contributed by atoms with Gasteiger partial charge in [-0.25, -0.2) is 13.4 Å². The molecule has 0 atom stereocenters. The summed E-state index contributed by atoms with van der Waals surface area (Å²) >= 11 is 6.21. The Kier molecular flexibility index (Phi) is 8.64. The first kappa shape index (κ1) is 26.7. The predicted octanol–water partition coefficient (Wildman–Crippen LogP) is 4.06. The normalized spacial score (nSPS) is 10.8. The molecule has 0 spiro atoms. The first-order valence-electron chi connectivity index (χ1n) is 11.1. The Labute approximate surface area is 215 Å². The highest BCUT2D eigenvalue weighted by atomic mass is 35.5. The van der Waals surface area contributed by atoms with Crippen LogP contribution in [0.4, 0.5) is 5.69 Å². The van der Waals surface area contributed by atoms with Gasteiger partial charge < -0.3 is 15.5 Å². The third-order valence-corrected chi connectivity index (χ3v) is 7.39. The second-order valence-electron chi connectivity index (χ2n) is 7.66. The summed E-state index contributed by atoms with van der Waals surface area (Å²) in [6.45, 7) is 4.68. The van der Waals surface area contributed by atoms with Gasteiger partial charge in [-0.05, 0) is 55.8 Å². The minimum absolute atomic E-state index is 0.0310. The molecule has 1 heterocycles. The number of pyridine rings is 1. The molecule has 0 aliphatic heterocycles. The van der Waals surface area contributed by atoms with E-state index in [9.17, 15) is 13.2 Å². The maximum Gasteiger partial charge on any atom is 0.253 e. The van der Waals surface area contributed by atoms with Crippen molar-refractivity contribution in [2.45, 2.75) is 30.2 Å². The number of carbonyl (C=O) groups is 1. The minimum Gasteiger partial charge on any atom is -0.352 e. The Hall–Kier alpha value is -3.94. The van der Waals surface area contributed by atoms with Gasteiger partial charge in [0, 0.05) is 42.1 Å². The van der Waals surface area contributed by atoms with Crippen LogP contribution >= 0.6 is 11.6 Å². The molecule has 0 aliphatic carbocycles. The smallest absolute Gasteiger partial charge is 0.253 e. The van der Waals surface area contributed by atoms with Crippen molar-refractivity contribution in [2.24, 2.45) is 0 Å². The largest absolute Gasteiger partial charge is 0.352 e. The standard InChI is InChI=1S/C25H25ClN6O3S/c1-3-32(4-2)24(33)18-11-19(26)13-22(12-18)36(34,35)23-8-6-5-7-17(23)16-30-25(28)31-20-9-10-29-21(14-20)15-27/h5-14H,3-4,16H2,1-2H3,(H3,28,29,30,31). The Morgan fingerprint density at radius 1 is 1.14 bits per heavy atom. The van der Waals surface area contributed by atoms with Crippen molar-refractivity contribution in [2.75, 3.05) is 18.4 Å². The van der Waals surface area contributed by atoms with Crippen molar-refractivity contribution in [1.82, 2.24) is 15.2 Å². The van der Waals surface area contributed by atoms with Crippen LogP contribution in [0.3, 0.4) is 0 Å². The highest BCUT2D eigenvalue weighted by Crippen LogP contribution is 2.28. The van der Waals surface area contributed by atoms with E-state index in [1.54, 1.807) is 29.2 Å². The first-order valence-corrected chi connectivity index (χ1v) is 12.9. The quantitative estimate of drug-likeness (QED) is 0.298. The van der Waals surface area contributed by atoms with Gasteiger partial charge in [-0.2, -0.15) is 5.26 Å². The fourth-order valence-electron chi connectivity index (χ4n) is 3.52. The molecule has 2 aromatic carbocycles. The molecule has 0 aliphatic rings. The molecule has 36 heavy (non-hydrogen) atoms. The van der Waals surface area contributed by atoms with Crippen molar-refractivity contribution in [3.63, 3.8) is 0 Å². The zero-order chi connectivity index (χ0) is 26.3. The van der Waals surface area contributed by atoms with Gasteiger partial charge >= 0.3 is 0 Å². The van der Waals surface area contributed by atoms with Crippen molar-refractivity contribution >= 4 is 39.0 Å². The number of nitriles is 1. The van der Waals surface area contributed by atoms with Crippen LogP contribution in [0.1, 0.15) is 35.5 Å². The van der Waals surface area contributed by atoms with Gasteiger partial charge in [0.15, 0.2) is 5.96 Å². The lowest BCUT2D eigenvalue weighted by atomic mass is 10.2. The molecule has 11 heteroatoms. The van der Waals surface area contributed by atoms with E-state index in [4.69, 9.17) is 22.3 Å². The van der Waals surface area contributed by atoms with Crippen molar-refractivity contribution in [1.29, 1.82) is 10.7 Å². The summed E-state index contributed by atoms with van der Waals surface area (Å²) in [5, 5.41) is 22.9. The van der Waals surface area contributed by atoms with Crippen LogP contribution in [0.15, 0.2) is 70.6 Å². The van der Waals surface area contributed by atoms with Crippen LogP contribution < -0.4 is 10.6 Å². The molecule has 1 amide bonds.